The van der Waals surface area contributed by atoms with Crippen LogP contribution in [0.2, 0.25) is 0 Å². The monoisotopic (exact) mass is 1640 g/mol. The molecule has 1 unspecified atom stereocenters. The summed E-state index contributed by atoms with van der Waals surface area (Å²) in [6.07, 6.45) is -0.867. The molecule has 0 aliphatic carbocycles. The Balaban J connectivity index is 1.40. The van der Waals surface area contributed by atoms with Crippen molar-refractivity contribution >= 4 is 128 Å². The Morgan fingerprint density at radius 3 is 1.75 bits per heavy atom. The number of thioether (sulfide) groups is 1. The average Bonchev–Trinajstić information content (AvgIpc) is 1.33. The molecule has 5 rings (SSSR count). The number of ketones is 1. The molecule has 9 atom stereocenters. The van der Waals surface area contributed by atoms with Gasteiger partial charge in [-0.05, 0) is 125 Å². The smallest absolute Gasteiger partial charge is 0.336 e. The molecule has 3 aromatic carbocycles. The van der Waals surface area contributed by atoms with Crippen LogP contribution >= 0.6 is 11.8 Å². The number of rotatable bonds is 49. The first kappa shape index (κ1) is 93.7. The van der Waals surface area contributed by atoms with Crippen molar-refractivity contribution in [2.45, 2.75) is 165 Å². The highest BCUT2D eigenvalue weighted by Gasteiger charge is 2.40. The number of guanidine groups is 3. The van der Waals surface area contributed by atoms with Gasteiger partial charge in [0.15, 0.2) is 23.7 Å². The summed E-state index contributed by atoms with van der Waals surface area (Å²) in [6, 6.07) is 1.87. The summed E-state index contributed by atoms with van der Waals surface area (Å²) >= 11 is 1.11. The maximum absolute atomic E-state index is 14.8. The highest BCUT2D eigenvalue weighted by atomic mass is 32.2. The number of benzene rings is 3. The van der Waals surface area contributed by atoms with Gasteiger partial charge >= 0.3 is 11.6 Å². The molecule has 1 aliphatic rings. The zero-order valence-corrected chi connectivity index (χ0v) is 65.7. The van der Waals surface area contributed by atoms with E-state index in [2.05, 4.69) is 69.1 Å². The Morgan fingerprint density at radius 2 is 1.17 bits per heavy atom. The van der Waals surface area contributed by atoms with E-state index < -0.39 is 190 Å². The first-order chi connectivity index (χ1) is 55.0. The lowest BCUT2D eigenvalue weighted by Gasteiger charge is -2.30. The molecular weight excluding hydrogens is 1540 g/mol. The Kier molecular flexibility index (Phi) is 37.9. The molecule has 4 aromatic rings. The summed E-state index contributed by atoms with van der Waals surface area (Å²) < 4.78 is 15.9. The molecule has 632 valence electrons. The van der Waals surface area contributed by atoms with Crippen LogP contribution in [0.5, 0.6) is 11.5 Å². The van der Waals surface area contributed by atoms with Gasteiger partial charge in [0.05, 0.1) is 49.1 Å². The lowest BCUT2D eigenvalue weighted by molar-refractivity contribution is -0.393. The number of nitro groups is 2. The van der Waals surface area contributed by atoms with Gasteiger partial charge in [-0.2, -0.15) is 11.8 Å². The Bertz CT molecular complexity index is 4280. The van der Waals surface area contributed by atoms with Gasteiger partial charge in [-0.15, -0.1) is 0 Å². The highest BCUT2D eigenvalue weighted by Crippen LogP contribution is 2.30. The number of anilines is 1. The average molecular weight is 1640 g/mol. The van der Waals surface area contributed by atoms with Crippen LogP contribution in [0.1, 0.15) is 109 Å². The molecule has 0 spiro atoms. The molecule has 2 heterocycles. The van der Waals surface area contributed by atoms with E-state index >= 15 is 0 Å². The van der Waals surface area contributed by atoms with Gasteiger partial charge in [0, 0.05) is 74.2 Å². The largest absolute Gasteiger partial charge is 0.497 e. The number of carbonyl (C=O) groups is 12. The molecule has 23 N–H and O–H groups in total. The van der Waals surface area contributed by atoms with Crippen LogP contribution in [-0.2, 0) is 69.7 Å². The summed E-state index contributed by atoms with van der Waals surface area (Å²) in [5, 5.41) is 89.8. The molecule has 1 aliphatic heterocycles. The second-order valence-corrected chi connectivity index (χ2v) is 28.4. The van der Waals surface area contributed by atoms with Gasteiger partial charge in [0.2, 0.25) is 59.1 Å². The zero-order chi connectivity index (χ0) is 85.9. The number of carbonyl (C=O) groups excluding carboxylic acids is 11. The number of methoxy groups -OCH3 is 2. The van der Waals surface area contributed by atoms with Crippen molar-refractivity contribution in [3.8, 4) is 11.5 Å². The van der Waals surface area contributed by atoms with Crippen molar-refractivity contribution in [2.24, 2.45) is 23.1 Å². The van der Waals surface area contributed by atoms with Crippen LogP contribution in [0, 0.1) is 42.4 Å². The Morgan fingerprint density at radius 1 is 0.621 bits per heavy atom. The van der Waals surface area contributed by atoms with Crippen LogP contribution < -0.4 is 101 Å². The van der Waals surface area contributed by atoms with Crippen molar-refractivity contribution in [3.05, 3.63) is 109 Å². The molecule has 1 fully saturated rings. The minimum atomic E-state index is -1.89. The third-order valence-corrected chi connectivity index (χ3v) is 19.0. The van der Waals surface area contributed by atoms with E-state index in [-0.39, 0.29) is 124 Å². The SMILES string of the molecule is COc1ccc(CSC[C@H](NC(=O)CNC(=O)[C@H](CC(C)C)NC(=O)[C@H]2CCCN2C(=O)[C@H](CCCNC(=N)N)NC(=O)Cc2cc(=O)oc3cc(OC)ccc23)C(=O)NC(CNc2ccc([N+](=O)[O-])cc2[N+](=O)[O-])C(=O)N[C@@H](C)C(=O)N[C@H](CCCNC(=N)N)C(=O)N[C@@H](CCC(=O)O)C(=O)N[C@H](CCCNC(=N)N)C(C)=O)cc1. The molecule has 44 heteroatoms. The zero-order valence-electron chi connectivity index (χ0n) is 64.9. The molecular formula is C72H102N22O21S. The van der Waals surface area contributed by atoms with Crippen LogP contribution in [0.15, 0.2) is 75.9 Å². The molecule has 1 saturated heterocycles. The third-order valence-electron chi connectivity index (χ3n) is 17.9. The van der Waals surface area contributed by atoms with E-state index in [0.717, 1.165) is 42.4 Å². The number of non-ortho nitro benzene ring substituents is 1. The number of likely N-dealkylation sites (tertiary alicyclic amines) is 1. The normalized spacial score (nSPS) is 14.3. The summed E-state index contributed by atoms with van der Waals surface area (Å²) in [5.41, 5.74) is 14.8. The number of hydrogen-bond acceptors (Lipinski definition) is 25. The fourth-order valence-electron chi connectivity index (χ4n) is 12.0. The number of nitro benzene ring substituents is 2. The van der Waals surface area contributed by atoms with Crippen LogP contribution in [0.4, 0.5) is 17.1 Å². The minimum Gasteiger partial charge on any atom is -0.497 e. The van der Waals surface area contributed by atoms with Gasteiger partial charge in [-0.25, -0.2) is 4.79 Å². The number of ether oxygens (including phenoxy) is 2. The van der Waals surface area contributed by atoms with E-state index in [9.17, 15) is 87.7 Å². The fourth-order valence-corrected chi connectivity index (χ4v) is 13.0. The molecule has 0 saturated carbocycles. The number of nitrogens with zero attached hydrogens (tertiary/aromatic N) is 3. The van der Waals surface area contributed by atoms with Crippen LogP contribution in [-0.4, -0.2) is 222 Å². The van der Waals surface area contributed by atoms with Crippen molar-refractivity contribution in [1.82, 2.24) is 68.7 Å². The maximum atomic E-state index is 14.8. The number of nitrogens with one attached hydrogen (secondary N) is 16. The number of aliphatic carboxylic acids is 1. The van der Waals surface area contributed by atoms with Crippen molar-refractivity contribution in [2.75, 3.05) is 64.6 Å². The van der Waals surface area contributed by atoms with Gasteiger partial charge in [-0.1, -0.05) is 26.0 Å². The van der Waals surface area contributed by atoms with E-state index in [0.29, 0.717) is 29.4 Å². The molecule has 10 amide bonds. The molecule has 0 radical (unpaired) electrons. The summed E-state index contributed by atoms with van der Waals surface area (Å²) in [4.78, 5) is 204. The second-order valence-electron chi connectivity index (χ2n) is 27.4. The molecule has 1 aromatic heterocycles. The van der Waals surface area contributed by atoms with E-state index in [1.54, 1.807) is 50.2 Å². The van der Waals surface area contributed by atoms with Crippen LogP contribution in [0.25, 0.3) is 11.0 Å². The van der Waals surface area contributed by atoms with Gasteiger partial charge < -0.3 is 110 Å². The minimum absolute atomic E-state index is 0.0000297. The standard InChI is InChI=1S/C72H102N22O21S/c1-38(2)29-52(90-68(107)55-14-10-28-92(55)69(108)51(13-9-27-81-72(77)78)85-58(96)30-42-31-61(100)115-57-33-45(114-6)20-21-46(42)57)63(102)83-35-59(97)86-54(37-116-36-41-15-18-44(113-5)19-16-41)67(106)91-53(34-82-48-22-17-43(93(109)110)32-56(48)94(111)112)66(105)84-39(3)62(101)88-49(12-8-26-80-71(75)76)64(103)89-50(23-24-60(98)99)65(104)87-47(40(4)95)11-7-25-79-70(73)74/h15-22,31-33,38-39,47,49-55,82H,7-14,23-30,34-37H2,1-6H3,(H,83,102)(H,84,105)(H,85,96)(H,86,97)(H,87,104)(H,88,101)(H,89,103)(H,90,107)(H,91,106)(H,98,99)(H4,73,74,79)(H4,75,76,80)(H4,77,78,81)/t39-,47+,49+,50-,51-,52-,53?,54-,55+/m0/s1. The maximum Gasteiger partial charge on any atom is 0.336 e. The topological polar surface area (TPSA) is 669 Å². The molecule has 0 bridgehead atoms. The van der Waals surface area contributed by atoms with Crippen molar-refractivity contribution < 1.29 is 86.4 Å². The lowest BCUT2D eigenvalue weighted by Crippen LogP contribution is -2.60. The summed E-state index contributed by atoms with van der Waals surface area (Å²) in [7, 11) is 2.89. The predicted octanol–water partition coefficient (Wildman–Crippen LogP) is -1.49. The van der Waals surface area contributed by atoms with E-state index in [1.807, 2.05) is 0 Å². The Hall–Kier alpha value is -12.9. The lowest BCUT2D eigenvalue weighted by atomic mass is 10.0. The van der Waals surface area contributed by atoms with Crippen molar-refractivity contribution in [1.29, 1.82) is 16.2 Å². The predicted molar refractivity (Wildman–Crippen MR) is 423 cm³/mol. The third kappa shape index (κ3) is 31.6. The summed E-state index contributed by atoms with van der Waals surface area (Å²) in [6.45, 7) is 4.52. The second kappa shape index (κ2) is 46.9. The van der Waals surface area contributed by atoms with Crippen molar-refractivity contribution in [3.63, 3.8) is 0 Å². The first-order valence-corrected chi connectivity index (χ1v) is 38.1. The van der Waals surface area contributed by atoms with Gasteiger partial charge in [0.1, 0.15) is 71.1 Å². The van der Waals surface area contributed by atoms with Gasteiger partial charge in [0.25, 0.3) is 11.4 Å². The number of nitrogens with two attached hydrogens (primary N) is 3. The highest BCUT2D eigenvalue weighted by molar-refractivity contribution is 7.98. The quantitative estimate of drug-likeness (QED) is 0.00598. The molecule has 43 nitrogen and oxygen atoms in total. The number of amides is 10. The Labute approximate surface area is 669 Å². The molecule has 116 heavy (non-hydrogen) atoms. The number of carboxylic acids is 1. The fraction of sp³-hybridized carbons (Fsp3) is 0.500. The van der Waals surface area contributed by atoms with E-state index in [4.69, 9.17) is 47.3 Å². The first-order valence-electron chi connectivity index (χ1n) is 36.9. The number of carboxylic acid groups (broad SMARTS) is 1. The summed E-state index contributed by atoms with van der Waals surface area (Å²) in [5.74, 6) is -11.8. The van der Waals surface area contributed by atoms with E-state index in [1.165, 1.54) is 32.1 Å². The van der Waals surface area contributed by atoms with Crippen LogP contribution in [0.3, 0.4) is 0 Å². The number of fused-ring (bicyclic) bond motifs is 1. The number of hydrogen-bond donors (Lipinski definition) is 20. The number of Topliss-reactive ketones (excluding diaryl/α,β-unsaturated/α-hetero) is 1. The van der Waals surface area contributed by atoms with Gasteiger partial charge in [-0.3, -0.25) is 94.0 Å².